The van der Waals surface area contributed by atoms with Crippen LogP contribution in [0.2, 0.25) is 0 Å². The Morgan fingerprint density at radius 2 is 1.63 bits per heavy atom. The van der Waals surface area contributed by atoms with Crippen molar-refractivity contribution in [3.8, 4) is 11.5 Å². The fraction of sp³-hybridized carbons (Fsp3) is 0.200. The average Bonchev–Trinajstić information content (AvgIpc) is 2.84. The van der Waals surface area contributed by atoms with Crippen LogP contribution in [0.4, 0.5) is 11.4 Å². The Morgan fingerprint density at radius 3 is 2.26 bits per heavy atom. The van der Waals surface area contributed by atoms with E-state index in [1.165, 1.54) is 19.2 Å². The van der Waals surface area contributed by atoms with Crippen LogP contribution in [0.1, 0.15) is 30.6 Å². The Hall–Kier alpha value is -3.63. The van der Waals surface area contributed by atoms with Crippen LogP contribution in [0.15, 0.2) is 77.7 Å². The maximum Gasteiger partial charge on any atom is 0.261 e. The third kappa shape index (κ3) is 7.43. The topological polar surface area (TPSA) is 106 Å². The number of amides is 1. The minimum Gasteiger partial charge on any atom is -0.497 e. The number of ether oxygens (including phenoxy) is 2. The van der Waals surface area contributed by atoms with Gasteiger partial charge in [0.15, 0.2) is 5.11 Å². The van der Waals surface area contributed by atoms with Gasteiger partial charge in [0, 0.05) is 16.9 Å². The van der Waals surface area contributed by atoms with Crippen molar-refractivity contribution in [2.24, 2.45) is 0 Å². The van der Waals surface area contributed by atoms with Crippen LogP contribution in [-0.2, 0) is 10.0 Å². The highest BCUT2D eigenvalue weighted by Crippen LogP contribution is 2.21. The predicted molar refractivity (Wildman–Crippen MR) is 141 cm³/mol. The first-order chi connectivity index (χ1) is 16.7. The number of nitrogens with one attached hydrogen (secondary N) is 3. The Kier molecular flexibility index (Phi) is 8.67. The summed E-state index contributed by atoms with van der Waals surface area (Å²) in [5.41, 5.74) is 1.34. The van der Waals surface area contributed by atoms with Crippen molar-refractivity contribution in [1.29, 1.82) is 0 Å². The van der Waals surface area contributed by atoms with E-state index in [9.17, 15) is 13.2 Å². The van der Waals surface area contributed by atoms with Crippen molar-refractivity contribution in [2.45, 2.75) is 31.3 Å². The SMILES string of the molecule is CCC(C)Oc1cccc(C(=O)NC(=S)Nc2ccc(S(=O)(=O)Nc3ccc(OC)cc3)cc2)c1. The van der Waals surface area contributed by atoms with Gasteiger partial charge in [0.25, 0.3) is 15.9 Å². The summed E-state index contributed by atoms with van der Waals surface area (Å²) in [5.74, 6) is 0.837. The molecule has 3 N–H and O–H groups in total. The monoisotopic (exact) mass is 513 g/mol. The molecule has 0 aliphatic heterocycles. The summed E-state index contributed by atoms with van der Waals surface area (Å²) < 4.78 is 38.6. The molecule has 0 fully saturated rings. The quantitative estimate of drug-likeness (QED) is 0.353. The van der Waals surface area contributed by atoms with Gasteiger partial charge in [-0.25, -0.2) is 8.42 Å². The van der Waals surface area contributed by atoms with Gasteiger partial charge < -0.3 is 14.8 Å². The van der Waals surface area contributed by atoms with Gasteiger partial charge in [-0.2, -0.15) is 0 Å². The van der Waals surface area contributed by atoms with Gasteiger partial charge in [-0.3, -0.25) is 14.8 Å². The Morgan fingerprint density at radius 1 is 0.971 bits per heavy atom. The molecule has 0 radical (unpaired) electrons. The lowest BCUT2D eigenvalue weighted by Gasteiger charge is -2.14. The van der Waals surface area contributed by atoms with Crippen LogP contribution in [0.5, 0.6) is 11.5 Å². The second-order valence-electron chi connectivity index (χ2n) is 7.63. The molecule has 3 aromatic rings. The maximum atomic E-state index is 12.6. The van der Waals surface area contributed by atoms with Crippen LogP contribution in [0.25, 0.3) is 0 Å². The van der Waals surface area contributed by atoms with Crippen molar-refractivity contribution < 1.29 is 22.7 Å². The van der Waals surface area contributed by atoms with Crippen LogP contribution >= 0.6 is 12.2 Å². The minimum absolute atomic E-state index is 0.0363. The van der Waals surface area contributed by atoms with E-state index in [0.717, 1.165) is 6.42 Å². The summed E-state index contributed by atoms with van der Waals surface area (Å²) in [6.45, 7) is 3.97. The first kappa shape index (κ1) is 26.0. The molecule has 1 amide bonds. The zero-order valence-corrected chi connectivity index (χ0v) is 21.2. The highest BCUT2D eigenvalue weighted by atomic mass is 32.2. The number of hydrogen-bond donors (Lipinski definition) is 3. The highest BCUT2D eigenvalue weighted by molar-refractivity contribution is 7.92. The summed E-state index contributed by atoms with van der Waals surface area (Å²) in [5, 5.41) is 5.57. The second kappa shape index (κ2) is 11.7. The summed E-state index contributed by atoms with van der Waals surface area (Å²) in [4.78, 5) is 12.6. The number of methoxy groups -OCH3 is 1. The zero-order valence-electron chi connectivity index (χ0n) is 19.6. The smallest absolute Gasteiger partial charge is 0.261 e. The van der Waals surface area contributed by atoms with Gasteiger partial charge in [-0.05, 0) is 92.3 Å². The molecule has 0 spiro atoms. The molecule has 35 heavy (non-hydrogen) atoms. The fourth-order valence-corrected chi connectivity index (χ4v) is 4.22. The van der Waals surface area contributed by atoms with Gasteiger partial charge in [0.1, 0.15) is 11.5 Å². The molecule has 184 valence electrons. The van der Waals surface area contributed by atoms with E-state index < -0.39 is 10.0 Å². The summed E-state index contributed by atoms with van der Waals surface area (Å²) >= 11 is 5.23. The number of thiocarbonyl (C=S) groups is 1. The molecule has 1 unspecified atom stereocenters. The van der Waals surface area contributed by atoms with E-state index in [-0.39, 0.29) is 22.0 Å². The molecule has 3 rings (SSSR count). The van der Waals surface area contributed by atoms with Gasteiger partial charge in [-0.1, -0.05) is 13.0 Å². The summed E-state index contributed by atoms with van der Waals surface area (Å²) in [7, 11) is -2.25. The maximum absolute atomic E-state index is 12.6. The van der Waals surface area contributed by atoms with Crippen LogP contribution in [0, 0.1) is 0 Å². The number of carbonyl (C=O) groups is 1. The van der Waals surface area contributed by atoms with Crippen molar-refractivity contribution in [3.05, 3.63) is 78.4 Å². The van der Waals surface area contributed by atoms with Crippen molar-refractivity contribution in [2.75, 3.05) is 17.1 Å². The molecule has 0 bridgehead atoms. The van der Waals surface area contributed by atoms with Crippen LogP contribution < -0.4 is 24.8 Å². The molecule has 1 atom stereocenters. The lowest BCUT2D eigenvalue weighted by molar-refractivity contribution is 0.0977. The molecular formula is C25H27N3O5S2. The highest BCUT2D eigenvalue weighted by Gasteiger charge is 2.15. The third-order valence-corrected chi connectivity index (χ3v) is 6.60. The normalized spacial score (nSPS) is 11.7. The lowest BCUT2D eigenvalue weighted by Crippen LogP contribution is -2.34. The standard InChI is InChI=1S/C25H27N3O5S2/c1-4-17(2)33-22-7-5-6-18(16-22)24(29)27-25(34)26-19-10-14-23(15-11-19)35(30,31)28-20-8-12-21(32-3)13-9-20/h5-17,28H,4H2,1-3H3,(H2,26,27,29,34). The van der Waals surface area contributed by atoms with E-state index in [2.05, 4.69) is 15.4 Å². The Balaban J connectivity index is 1.59. The molecule has 0 aliphatic rings. The van der Waals surface area contributed by atoms with Gasteiger partial charge >= 0.3 is 0 Å². The molecule has 0 aliphatic carbocycles. The van der Waals surface area contributed by atoms with E-state index in [1.807, 2.05) is 13.8 Å². The molecule has 0 saturated carbocycles. The van der Waals surface area contributed by atoms with Crippen LogP contribution in [-0.4, -0.2) is 32.7 Å². The molecule has 10 heteroatoms. The van der Waals surface area contributed by atoms with Crippen LogP contribution in [0.3, 0.4) is 0 Å². The summed E-state index contributed by atoms with van der Waals surface area (Å²) in [6.07, 6.45) is 0.886. The third-order valence-electron chi connectivity index (χ3n) is 5.00. The van der Waals surface area contributed by atoms with E-state index >= 15 is 0 Å². The van der Waals surface area contributed by atoms with Gasteiger partial charge in [0.2, 0.25) is 0 Å². The van der Waals surface area contributed by atoms with Crippen molar-refractivity contribution in [3.63, 3.8) is 0 Å². The second-order valence-corrected chi connectivity index (χ2v) is 9.72. The van der Waals surface area contributed by atoms with E-state index in [0.29, 0.717) is 28.4 Å². The number of benzene rings is 3. The minimum atomic E-state index is -3.78. The summed E-state index contributed by atoms with van der Waals surface area (Å²) in [6, 6.07) is 19.4. The zero-order chi connectivity index (χ0) is 25.4. The number of hydrogen-bond acceptors (Lipinski definition) is 6. The van der Waals surface area contributed by atoms with Crippen molar-refractivity contribution in [1.82, 2.24) is 5.32 Å². The first-order valence-electron chi connectivity index (χ1n) is 10.9. The fourth-order valence-electron chi connectivity index (χ4n) is 2.95. The van der Waals surface area contributed by atoms with Gasteiger partial charge in [-0.15, -0.1) is 0 Å². The number of rotatable bonds is 9. The molecule has 0 heterocycles. The van der Waals surface area contributed by atoms with E-state index in [4.69, 9.17) is 21.7 Å². The van der Waals surface area contributed by atoms with E-state index in [1.54, 1.807) is 60.7 Å². The molecule has 0 saturated heterocycles. The number of anilines is 2. The number of carbonyl (C=O) groups excluding carboxylic acids is 1. The predicted octanol–water partition coefficient (Wildman–Crippen LogP) is 4.80. The Labute approximate surface area is 210 Å². The first-order valence-corrected chi connectivity index (χ1v) is 12.8. The molecule has 0 aromatic heterocycles. The largest absolute Gasteiger partial charge is 0.497 e. The van der Waals surface area contributed by atoms with Crippen molar-refractivity contribution >= 4 is 44.6 Å². The Bertz CT molecular complexity index is 1280. The number of sulfonamides is 1. The average molecular weight is 514 g/mol. The molecule has 3 aromatic carbocycles. The molecular weight excluding hydrogens is 486 g/mol. The lowest BCUT2D eigenvalue weighted by atomic mass is 10.2. The van der Waals surface area contributed by atoms with Gasteiger partial charge in [0.05, 0.1) is 18.1 Å². The molecule has 8 nitrogen and oxygen atoms in total.